The highest BCUT2D eigenvalue weighted by Gasteiger charge is 2.37. The SMILES string of the molecule is CCc1c(-c2cc(Nc3cnccn3)c(=O)n(C)c2)ccnc1N1CCn2c(cc3c2CC(C)(C)C3)C1=O. The average molecular weight is 510 g/mol. The highest BCUT2D eigenvalue weighted by Crippen LogP contribution is 2.40. The zero-order valence-corrected chi connectivity index (χ0v) is 22.2. The lowest BCUT2D eigenvalue weighted by atomic mass is 9.90. The van der Waals surface area contributed by atoms with Crippen LogP contribution in [0.5, 0.6) is 0 Å². The van der Waals surface area contributed by atoms with E-state index in [0.717, 1.165) is 41.8 Å². The molecule has 0 saturated carbocycles. The summed E-state index contributed by atoms with van der Waals surface area (Å²) in [4.78, 5) is 41.4. The Bertz CT molecular complexity index is 1620. The molecule has 4 aromatic rings. The van der Waals surface area contributed by atoms with Crippen LogP contribution in [0.15, 0.2) is 54.0 Å². The van der Waals surface area contributed by atoms with Gasteiger partial charge in [-0.05, 0) is 54.0 Å². The first-order valence-electron chi connectivity index (χ1n) is 13.0. The van der Waals surface area contributed by atoms with Crippen LogP contribution < -0.4 is 15.8 Å². The largest absolute Gasteiger partial charge is 0.339 e. The number of aryl methyl sites for hydroxylation is 1. The first kappa shape index (κ1) is 24.1. The van der Waals surface area contributed by atoms with Crippen LogP contribution in [0.4, 0.5) is 17.3 Å². The van der Waals surface area contributed by atoms with E-state index in [-0.39, 0.29) is 16.9 Å². The van der Waals surface area contributed by atoms with Crippen molar-refractivity contribution in [2.45, 2.75) is 46.6 Å². The number of anilines is 3. The third-order valence-electron chi connectivity index (χ3n) is 7.59. The van der Waals surface area contributed by atoms with Crippen molar-refractivity contribution in [3.05, 3.63) is 82.1 Å². The Hall–Kier alpha value is -4.27. The summed E-state index contributed by atoms with van der Waals surface area (Å²) >= 11 is 0. The predicted octanol–water partition coefficient (Wildman–Crippen LogP) is 4.13. The summed E-state index contributed by atoms with van der Waals surface area (Å²) in [7, 11) is 1.73. The van der Waals surface area contributed by atoms with E-state index in [1.807, 2.05) is 23.2 Å². The van der Waals surface area contributed by atoms with Gasteiger partial charge in [0.05, 0.1) is 6.20 Å². The Kier molecular flexibility index (Phi) is 5.66. The van der Waals surface area contributed by atoms with Gasteiger partial charge < -0.3 is 14.5 Å². The lowest BCUT2D eigenvalue weighted by molar-refractivity contribution is 0.0963. The van der Waals surface area contributed by atoms with Gasteiger partial charge in [-0.2, -0.15) is 0 Å². The monoisotopic (exact) mass is 509 g/mol. The minimum absolute atomic E-state index is 0.00623. The molecule has 0 spiro atoms. The van der Waals surface area contributed by atoms with Crippen molar-refractivity contribution in [1.82, 2.24) is 24.1 Å². The third-order valence-corrected chi connectivity index (χ3v) is 7.59. The van der Waals surface area contributed by atoms with E-state index >= 15 is 0 Å². The van der Waals surface area contributed by atoms with Gasteiger partial charge in [0.1, 0.15) is 23.0 Å². The van der Waals surface area contributed by atoms with Crippen molar-refractivity contribution < 1.29 is 4.79 Å². The second-order valence-electron chi connectivity index (χ2n) is 10.9. The quantitative estimate of drug-likeness (QED) is 0.435. The van der Waals surface area contributed by atoms with Crippen LogP contribution in [0.1, 0.15) is 48.1 Å². The molecule has 0 aromatic carbocycles. The van der Waals surface area contributed by atoms with Crippen molar-refractivity contribution in [3.63, 3.8) is 0 Å². The fourth-order valence-electron chi connectivity index (χ4n) is 5.90. The van der Waals surface area contributed by atoms with Gasteiger partial charge >= 0.3 is 0 Å². The van der Waals surface area contributed by atoms with E-state index in [4.69, 9.17) is 4.98 Å². The standard InChI is InChI=1S/C29H31N7O2/c1-5-20-21(19-12-22(27(37)34(4)17-19)33-25-16-30-8-9-31-25)6-7-32-26(20)36-11-10-35-23(28(36)38)13-18-14-29(2,3)15-24(18)35/h6-9,12-13,16-17H,5,10-11,14-15H2,1-4H3,(H,31,33). The summed E-state index contributed by atoms with van der Waals surface area (Å²) in [6, 6.07) is 5.86. The zero-order chi connectivity index (χ0) is 26.6. The molecule has 194 valence electrons. The smallest absolute Gasteiger partial charge is 0.276 e. The van der Waals surface area contributed by atoms with Crippen molar-refractivity contribution in [1.29, 1.82) is 0 Å². The average Bonchev–Trinajstić information content (AvgIpc) is 3.39. The molecule has 0 radical (unpaired) electrons. The van der Waals surface area contributed by atoms with Gasteiger partial charge in [-0.3, -0.25) is 19.5 Å². The fraction of sp³-hybridized carbons (Fsp3) is 0.345. The molecule has 2 aliphatic rings. The van der Waals surface area contributed by atoms with Gasteiger partial charge in [0, 0.05) is 61.7 Å². The Balaban J connectivity index is 1.38. The van der Waals surface area contributed by atoms with E-state index < -0.39 is 0 Å². The Morgan fingerprint density at radius 1 is 1.05 bits per heavy atom. The summed E-state index contributed by atoms with van der Waals surface area (Å²) in [5.74, 6) is 1.17. The number of amides is 1. The summed E-state index contributed by atoms with van der Waals surface area (Å²) in [5.41, 5.74) is 6.60. The molecule has 0 saturated heterocycles. The number of nitrogens with zero attached hydrogens (tertiary/aromatic N) is 6. The zero-order valence-electron chi connectivity index (χ0n) is 22.2. The molecule has 38 heavy (non-hydrogen) atoms. The highest BCUT2D eigenvalue weighted by atomic mass is 16.2. The van der Waals surface area contributed by atoms with Gasteiger partial charge in [0.15, 0.2) is 0 Å². The van der Waals surface area contributed by atoms with Crippen LogP contribution >= 0.6 is 0 Å². The van der Waals surface area contributed by atoms with Crippen LogP contribution in [0, 0.1) is 5.41 Å². The number of nitrogens with one attached hydrogen (secondary N) is 1. The summed E-state index contributed by atoms with van der Waals surface area (Å²) in [6.07, 6.45) is 11.0. The van der Waals surface area contributed by atoms with Crippen LogP contribution in [0.3, 0.4) is 0 Å². The maximum atomic E-state index is 13.8. The maximum absolute atomic E-state index is 13.8. The van der Waals surface area contributed by atoms with E-state index in [1.54, 1.807) is 36.4 Å². The molecule has 5 heterocycles. The minimum Gasteiger partial charge on any atom is -0.339 e. The van der Waals surface area contributed by atoms with Crippen molar-refractivity contribution in [3.8, 4) is 11.1 Å². The Labute approximate surface area is 221 Å². The van der Waals surface area contributed by atoms with Crippen LogP contribution in [0.25, 0.3) is 11.1 Å². The Morgan fingerprint density at radius 3 is 2.66 bits per heavy atom. The van der Waals surface area contributed by atoms with Crippen LogP contribution in [-0.2, 0) is 32.9 Å². The maximum Gasteiger partial charge on any atom is 0.276 e. The van der Waals surface area contributed by atoms with Gasteiger partial charge in [0.2, 0.25) is 0 Å². The van der Waals surface area contributed by atoms with E-state index in [1.165, 1.54) is 11.3 Å². The van der Waals surface area contributed by atoms with E-state index in [9.17, 15) is 9.59 Å². The molecule has 0 atom stereocenters. The molecule has 9 heteroatoms. The molecule has 1 amide bonds. The molecule has 6 rings (SSSR count). The molecule has 4 aromatic heterocycles. The number of hydrogen-bond acceptors (Lipinski definition) is 6. The first-order valence-corrected chi connectivity index (χ1v) is 13.0. The van der Waals surface area contributed by atoms with E-state index in [2.05, 4.69) is 46.7 Å². The minimum atomic E-state index is -0.171. The van der Waals surface area contributed by atoms with Gasteiger partial charge in [-0.1, -0.05) is 20.8 Å². The van der Waals surface area contributed by atoms with Crippen molar-refractivity contribution in [2.24, 2.45) is 12.5 Å². The molecule has 0 unspecified atom stereocenters. The predicted molar refractivity (Wildman–Crippen MR) is 147 cm³/mol. The third kappa shape index (κ3) is 3.98. The molecule has 9 nitrogen and oxygen atoms in total. The molecule has 1 N–H and O–H groups in total. The van der Waals surface area contributed by atoms with Gasteiger partial charge in [-0.15, -0.1) is 0 Å². The molecular weight excluding hydrogens is 478 g/mol. The topological polar surface area (TPSA) is 97.9 Å². The second-order valence-corrected chi connectivity index (χ2v) is 10.9. The second kappa shape index (κ2) is 8.93. The molecule has 0 bridgehead atoms. The van der Waals surface area contributed by atoms with Crippen molar-refractivity contribution in [2.75, 3.05) is 16.8 Å². The number of rotatable bonds is 5. The number of pyridine rings is 2. The number of carbonyl (C=O) groups is 1. The first-order chi connectivity index (χ1) is 18.3. The molecule has 1 aliphatic carbocycles. The lowest BCUT2D eigenvalue weighted by Crippen LogP contribution is -2.41. The summed E-state index contributed by atoms with van der Waals surface area (Å²) < 4.78 is 3.77. The normalized spacial score (nSPS) is 15.9. The van der Waals surface area contributed by atoms with Crippen LogP contribution in [0.2, 0.25) is 0 Å². The number of fused-ring (bicyclic) bond motifs is 3. The van der Waals surface area contributed by atoms with E-state index in [0.29, 0.717) is 30.3 Å². The number of hydrogen-bond donors (Lipinski definition) is 1. The Morgan fingerprint density at radius 2 is 1.89 bits per heavy atom. The molecular formula is C29H31N7O2. The van der Waals surface area contributed by atoms with Crippen LogP contribution in [-0.4, -0.2) is 36.5 Å². The summed E-state index contributed by atoms with van der Waals surface area (Å²) in [5, 5.41) is 3.09. The van der Waals surface area contributed by atoms with Gasteiger partial charge in [0.25, 0.3) is 11.5 Å². The summed E-state index contributed by atoms with van der Waals surface area (Å²) in [6.45, 7) is 7.97. The highest BCUT2D eigenvalue weighted by molar-refractivity contribution is 6.06. The number of carbonyl (C=O) groups excluding carboxylic acids is 1. The lowest BCUT2D eigenvalue weighted by Gasteiger charge is -2.31. The molecule has 1 aliphatic heterocycles. The molecule has 0 fully saturated rings. The van der Waals surface area contributed by atoms with Gasteiger partial charge in [-0.25, -0.2) is 9.97 Å². The fourth-order valence-corrected chi connectivity index (χ4v) is 5.90. The van der Waals surface area contributed by atoms with Crippen molar-refractivity contribution >= 4 is 23.2 Å². The number of aromatic nitrogens is 5.